The van der Waals surface area contributed by atoms with Gasteiger partial charge in [-0.25, -0.2) is 0 Å². The number of fused-ring (bicyclic) bond motifs is 3. The first-order valence-corrected chi connectivity index (χ1v) is 19.9. The van der Waals surface area contributed by atoms with Gasteiger partial charge in [-0.1, -0.05) is 149 Å². The van der Waals surface area contributed by atoms with E-state index in [2.05, 4.69) is 143 Å². The van der Waals surface area contributed by atoms with Crippen molar-refractivity contribution in [2.24, 2.45) is 5.41 Å². The molecule has 0 bridgehead atoms. The van der Waals surface area contributed by atoms with Gasteiger partial charge in [0.05, 0.1) is 0 Å². The number of carbonyl (C=O) groups excluding carboxylic acids is 2. The van der Waals surface area contributed by atoms with Crippen molar-refractivity contribution < 1.29 is 40.6 Å². The van der Waals surface area contributed by atoms with E-state index >= 15 is 0 Å². The van der Waals surface area contributed by atoms with E-state index in [0.29, 0.717) is 12.2 Å². The molecule has 0 fully saturated rings. The molecule has 9 rings (SSSR count). The second-order valence-electron chi connectivity index (χ2n) is 12.8. The average Bonchev–Trinajstić information content (AvgIpc) is 3.59. The number of rotatable bonds is 2. The van der Waals surface area contributed by atoms with Crippen LogP contribution in [0.1, 0.15) is 61.9 Å². The summed E-state index contributed by atoms with van der Waals surface area (Å²) in [6.07, 6.45) is 4.17. The molecule has 0 atom stereocenters. The fraction of sp³-hybridized carbons (Fsp3) is 0.190. The van der Waals surface area contributed by atoms with Gasteiger partial charge in [0.25, 0.3) is 0 Å². The number of hydrogen-bond donors (Lipinski definition) is 0. The van der Waals surface area contributed by atoms with Crippen molar-refractivity contribution in [3.63, 3.8) is 0 Å². The third-order valence-corrected chi connectivity index (χ3v) is 12.0. The first-order chi connectivity index (χ1) is 23.3. The topological polar surface area (TPSA) is 34.1 Å². The minimum Gasteiger partial charge on any atom is -1.00 e. The van der Waals surface area contributed by atoms with Crippen LogP contribution in [-0.4, -0.2) is 11.6 Å². The van der Waals surface area contributed by atoms with Crippen molar-refractivity contribution in [1.29, 1.82) is 0 Å². The van der Waals surface area contributed by atoms with E-state index in [4.69, 9.17) is 0 Å². The molecule has 0 radical (unpaired) electrons. The van der Waals surface area contributed by atoms with Crippen molar-refractivity contribution in [3.8, 4) is 0 Å². The van der Waals surface area contributed by atoms with E-state index in [0.717, 1.165) is 56.4 Å². The third-order valence-electron chi connectivity index (χ3n) is 9.82. The predicted molar refractivity (Wildman–Crippen MR) is 213 cm³/mol. The number of ketones is 2. The molecule has 1 spiro atoms. The van der Waals surface area contributed by atoms with Crippen molar-refractivity contribution in [3.05, 3.63) is 163 Å². The van der Waals surface area contributed by atoms with Gasteiger partial charge in [-0.2, -0.15) is 0 Å². The Morgan fingerprint density at radius 1 is 0.551 bits per heavy atom. The number of halogens is 4. The second-order valence-corrected chi connectivity index (χ2v) is 15.8. The molecular weight excluding hydrogens is 879 g/mol. The Hall–Kier alpha value is -1.90. The summed E-state index contributed by atoms with van der Waals surface area (Å²) in [5, 5.41) is 7.18. The quantitative estimate of drug-likeness (QED) is 0.128. The van der Waals surface area contributed by atoms with Gasteiger partial charge >= 0.3 is 29.6 Å². The molecule has 6 aromatic rings. The molecular formula is C42H33Br4NaO2. The van der Waals surface area contributed by atoms with Crippen molar-refractivity contribution >= 4 is 96.8 Å². The summed E-state index contributed by atoms with van der Waals surface area (Å²) >= 11 is 13.9. The number of alkyl halides is 2. The van der Waals surface area contributed by atoms with E-state index in [9.17, 15) is 9.59 Å². The van der Waals surface area contributed by atoms with Crippen molar-refractivity contribution in [2.45, 2.75) is 42.8 Å². The van der Waals surface area contributed by atoms with E-state index in [1.165, 1.54) is 54.9 Å². The molecule has 0 aromatic heterocycles. The Kier molecular flexibility index (Phi) is 11.9. The van der Waals surface area contributed by atoms with Crippen LogP contribution in [-0.2, 0) is 36.3 Å². The molecule has 7 heteroatoms. The molecule has 0 aliphatic heterocycles. The summed E-state index contributed by atoms with van der Waals surface area (Å²) in [6.45, 7) is 0. The van der Waals surface area contributed by atoms with Gasteiger partial charge in [-0.05, 0) is 105 Å². The first kappa shape index (κ1) is 36.9. The summed E-state index contributed by atoms with van der Waals surface area (Å²) in [5.74, 6) is 0.599. The molecule has 0 N–H and O–H groups in total. The van der Waals surface area contributed by atoms with Crippen LogP contribution in [0.5, 0.6) is 0 Å². The van der Waals surface area contributed by atoms with Gasteiger partial charge in [-0.3, -0.25) is 9.59 Å². The van der Waals surface area contributed by atoms with Crippen LogP contribution in [0.4, 0.5) is 0 Å². The molecule has 3 aliphatic rings. The van der Waals surface area contributed by atoms with E-state index in [-0.39, 0.29) is 42.2 Å². The minimum atomic E-state index is -0.286. The van der Waals surface area contributed by atoms with Crippen LogP contribution in [0, 0.1) is 5.41 Å². The smallest absolute Gasteiger partial charge is 1.00 e. The SMILES string of the molecule is BrCc1cccc2cccc(CBr)c12.O=C1CCc2ccc(Br)cc21.O=C1c2cc(Br)ccc2CC12Cc1cccc3cccc(c13)C2.[H-].[Na+]. The molecule has 242 valence electrons. The van der Waals surface area contributed by atoms with Gasteiger partial charge in [0.2, 0.25) is 0 Å². The minimum absolute atomic E-state index is 0. The molecule has 49 heavy (non-hydrogen) atoms. The Morgan fingerprint density at radius 2 is 1.04 bits per heavy atom. The average molecular weight is 912 g/mol. The molecule has 0 saturated carbocycles. The maximum Gasteiger partial charge on any atom is 1.00 e. The van der Waals surface area contributed by atoms with Crippen LogP contribution in [0.3, 0.4) is 0 Å². The second kappa shape index (κ2) is 15.8. The summed E-state index contributed by atoms with van der Waals surface area (Å²) in [4.78, 5) is 24.4. The fourth-order valence-electron chi connectivity index (χ4n) is 7.65. The Bertz CT molecular complexity index is 2160. The number of Topliss-reactive ketones (excluding diaryl/α,β-unsaturated/α-hetero) is 2. The maximum absolute atomic E-state index is 13.2. The molecule has 2 nitrogen and oxygen atoms in total. The number of carbonyl (C=O) groups is 2. The number of benzene rings is 6. The van der Waals surface area contributed by atoms with E-state index in [1.54, 1.807) is 0 Å². The first-order valence-electron chi connectivity index (χ1n) is 16.1. The fourth-order valence-corrected chi connectivity index (χ4v) is 9.31. The Morgan fingerprint density at radius 3 is 1.61 bits per heavy atom. The molecule has 0 amide bonds. The van der Waals surface area contributed by atoms with E-state index in [1.807, 2.05) is 30.3 Å². The van der Waals surface area contributed by atoms with Crippen LogP contribution >= 0.6 is 63.7 Å². The monoisotopic (exact) mass is 908 g/mol. The predicted octanol–water partition coefficient (Wildman–Crippen LogP) is 9.45. The zero-order chi connectivity index (χ0) is 33.4. The summed E-state index contributed by atoms with van der Waals surface area (Å²) in [7, 11) is 0. The molecule has 3 aliphatic carbocycles. The largest absolute Gasteiger partial charge is 1.00 e. The van der Waals surface area contributed by atoms with Crippen LogP contribution in [0.2, 0.25) is 0 Å². The Labute approximate surface area is 344 Å². The van der Waals surface area contributed by atoms with Gasteiger partial charge in [0, 0.05) is 42.6 Å². The van der Waals surface area contributed by atoms with Crippen LogP contribution in [0.25, 0.3) is 21.5 Å². The molecule has 0 heterocycles. The van der Waals surface area contributed by atoms with Crippen molar-refractivity contribution in [2.75, 3.05) is 0 Å². The Balaban J connectivity index is 0.000000155. The summed E-state index contributed by atoms with van der Waals surface area (Å²) in [6, 6.07) is 37.9. The molecule has 0 saturated heterocycles. The summed E-state index contributed by atoms with van der Waals surface area (Å²) in [5.41, 5.74) is 9.28. The van der Waals surface area contributed by atoms with Gasteiger partial charge in [-0.15, -0.1) is 0 Å². The molecule has 0 unspecified atom stereocenters. The van der Waals surface area contributed by atoms with Gasteiger partial charge < -0.3 is 1.43 Å². The van der Waals surface area contributed by atoms with Crippen molar-refractivity contribution in [1.82, 2.24) is 0 Å². The zero-order valence-corrected chi connectivity index (χ0v) is 35.5. The normalized spacial score (nSPS) is 14.8. The number of hydrogen-bond acceptors (Lipinski definition) is 2. The maximum atomic E-state index is 13.2. The van der Waals surface area contributed by atoms with Crippen LogP contribution in [0.15, 0.2) is 118 Å². The standard InChI is InChI=1S/C21H15BrO.C12H10Br2.C9H7BrO.Na.H/c22-17-8-7-14-10-21(20(23)18(14)9-17)11-15-5-1-3-13-4-2-6-16(12-21)19(13)15;13-7-10-5-1-3-9-4-2-6-11(8-14)12(9)10;10-7-3-1-6-2-4-9(11)8(6)5-7;;/h1-9H,10-12H2;1-6H,7-8H2;1,3,5H,2,4H2;;/q;;;+1;-1. The molecule has 6 aromatic carbocycles. The van der Waals surface area contributed by atoms with E-state index < -0.39 is 0 Å². The number of aryl methyl sites for hydroxylation is 1. The summed E-state index contributed by atoms with van der Waals surface area (Å²) < 4.78 is 1.98. The van der Waals surface area contributed by atoms with Crippen LogP contribution < -0.4 is 29.6 Å². The zero-order valence-electron chi connectivity index (χ0n) is 28.2. The third kappa shape index (κ3) is 7.40. The van der Waals surface area contributed by atoms with Gasteiger partial charge in [0.1, 0.15) is 0 Å². The van der Waals surface area contributed by atoms with Gasteiger partial charge in [0.15, 0.2) is 11.6 Å².